The van der Waals surface area contributed by atoms with E-state index >= 15 is 0 Å². The third-order valence-electron chi connectivity index (χ3n) is 18.4. The fourth-order valence-electron chi connectivity index (χ4n) is 11.9. The summed E-state index contributed by atoms with van der Waals surface area (Å²) in [6.45, 7) is 95.1. The number of aromatic nitrogens is 12. The zero-order valence-electron chi connectivity index (χ0n) is 83.6. The number of aryl methyl sites for hydroxylation is 13. The summed E-state index contributed by atoms with van der Waals surface area (Å²) < 4.78 is 42.9. The van der Waals surface area contributed by atoms with Crippen LogP contribution in [0.3, 0.4) is 0 Å². The minimum Gasteiger partial charge on any atom is -0.469 e. The highest BCUT2D eigenvalue weighted by Crippen LogP contribution is 2.33. The van der Waals surface area contributed by atoms with Crippen molar-refractivity contribution >= 4 is 6.21 Å². The Hall–Kier alpha value is -8.42. The van der Waals surface area contributed by atoms with Gasteiger partial charge in [-0.3, -0.25) is 14.4 Å². The molecule has 10 aromatic rings. The van der Waals surface area contributed by atoms with Gasteiger partial charge in [-0.05, 0) is 89.0 Å². The molecule has 0 fully saturated rings. The lowest BCUT2D eigenvalue weighted by Crippen LogP contribution is -2.16. The summed E-state index contributed by atoms with van der Waals surface area (Å²) in [4.78, 5) is 21.1. The SMILES string of the molecule is CC(C)(C)C1=CCC=N1.CCc1c(C)noc1C(C)(C)C.CCc1ccoc1C(C)(C)C.CCc1nc(C)oc1C(C)(C)C.CCc1nn(C)cc1C(C)(C)C.Cc1cc(C(C)(C)C)no1.Cc1cc(C(C)(C)C)on1.Cc1nc(C(C)(C)C)c(C)o1.Cc1ncc(C(C)(C)C)n1C.Cc1ncc(C(C)(C)C)o1.Cn1nccc1C(C)(C)C. The van der Waals surface area contributed by atoms with Crippen molar-refractivity contribution in [2.75, 3.05) is 0 Å². The summed E-state index contributed by atoms with van der Waals surface area (Å²) in [7, 11) is 6.01. The highest BCUT2D eigenvalue weighted by atomic mass is 16.5. The molecule has 1 aliphatic rings. The van der Waals surface area contributed by atoms with Crippen molar-refractivity contribution in [1.82, 2.24) is 59.5 Å². The summed E-state index contributed by atoms with van der Waals surface area (Å²) in [5.41, 5.74) is 15.7. The fraction of sp³-hybridized carbons (Fsp3) is 0.653. The van der Waals surface area contributed by atoms with E-state index in [9.17, 15) is 0 Å². The number of furan rings is 1. The van der Waals surface area contributed by atoms with Crippen LogP contribution in [0.5, 0.6) is 0 Å². The van der Waals surface area contributed by atoms with Crippen molar-refractivity contribution in [1.29, 1.82) is 0 Å². The lowest BCUT2D eigenvalue weighted by atomic mass is 9.87. The maximum absolute atomic E-state index is 5.56. The number of hydrogen-bond donors (Lipinski definition) is 0. The van der Waals surface area contributed by atoms with Gasteiger partial charge in [0.2, 0.25) is 0 Å². The van der Waals surface area contributed by atoms with E-state index in [1.807, 2.05) is 110 Å². The second-order valence-corrected chi connectivity index (χ2v) is 41.9. The molecule has 664 valence electrons. The van der Waals surface area contributed by atoms with Crippen LogP contribution in [0.15, 0.2) is 103 Å². The van der Waals surface area contributed by atoms with Gasteiger partial charge in [-0.1, -0.05) is 278 Å². The van der Waals surface area contributed by atoms with Crippen LogP contribution in [-0.2, 0) is 101 Å². The van der Waals surface area contributed by atoms with Crippen molar-refractivity contribution < 1.29 is 31.2 Å². The number of imidazole rings is 1. The maximum atomic E-state index is 5.56. The zero-order valence-corrected chi connectivity index (χ0v) is 83.6. The van der Waals surface area contributed by atoms with Gasteiger partial charge in [-0.2, -0.15) is 10.2 Å². The van der Waals surface area contributed by atoms with E-state index in [-0.39, 0.29) is 59.6 Å². The molecular formula is C98H165N13O7. The molecule has 1 aliphatic heterocycles. The Morgan fingerprint density at radius 1 is 0.441 bits per heavy atom. The lowest BCUT2D eigenvalue weighted by molar-refractivity contribution is 0.325. The van der Waals surface area contributed by atoms with Gasteiger partial charge >= 0.3 is 0 Å². The molecule has 0 spiro atoms. The van der Waals surface area contributed by atoms with Crippen LogP contribution in [0, 0.1) is 60.8 Å². The highest BCUT2D eigenvalue weighted by molar-refractivity contribution is 5.65. The van der Waals surface area contributed by atoms with Crippen molar-refractivity contribution in [3.63, 3.8) is 0 Å². The largest absolute Gasteiger partial charge is 0.469 e. The first-order chi connectivity index (χ1) is 53.4. The lowest BCUT2D eigenvalue weighted by Gasteiger charge is -2.18. The summed E-state index contributed by atoms with van der Waals surface area (Å²) in [5.74, 6) is 10.3. The summed E-state index contributed by atoms with van der Waals surface area (Å²) in [5, 5.41) is 20.2. The van der Waals surface area contributed by atoms with Crippen LogP contribution in [0.4, 0.5) is 0 Å². The minimum absolute atomic E-state index is 0.0760. The van der Waals surface area contributed by atoms with E-state index in [1.54, 1.807) is 12.5 Å². The third kappa shape index (κ3) is 37.1. The Labute approximate surface area is 715 Å². The van der Waals surface area contributed by atoms with Crippen molar-refractivity contribution in [3.8, 4) is 0 Å². The second kappa shape index (κ2) is 44.2. The standard InChI is InChI=1S/C10H18N2.2C10H17NO.C10H16O.C9H16N2.C9H15NO.C8H14N2.3C8H13NO.C8H13N/c1-6-9-8(10(2,3)4)7-12(5)11-9;1-6-8-9(10(3,4)5)12-7(2)11-8;1-6-8-7(2)11-12-9(8)10(3,4)5;1-5-8-6-7-11-9(8)10(2,3)4;1-7-10-6-8(11(7)5)9(2,3)4;1-6-8(9(3,4)5)10-7(2)11-6;1-8(2,3)7-5-6-9-10(7)4;1-6-9-5-7(10-6)8(2,3)4;1-6-5-7(9-10-6)8(2,3)4;1-6-5-7(10-9-6)8(2,3)4;1-8(2,3)7-5-4-6-9-7/h7H,6H2,1-5H3;2*6H2,1-5H3;6-7H,5H2,1-4H3;6H,1-5H3;1-5H3;5-6H,1-4H3;3*5H,1-4H3;5-6H,4H2,1-3H3. The predicted molar refractivity (Wildman–Crippen MR) is 490 cm³/mol. The Morgan fingerprint density at radius 3 is 1.24 bits per heavy atom. The summed E-state index contributed by atoms with van der Waals surface area (Å²) in [6, 6.07) is 8.06. The number of rotatable bonds is 4. The molecule has 0 saturated carbocycles. The van der Waals surface area contributed by atoms with Crippen LogP contribution in [0.2, 0.25) is 0 Å². The molecule has 11 rings (SSSR count). The molecule has 11 heterocycles. The average Bonchev–Trinajstić information content (AvgIpc) is 1.68. The van der Waals surface area contributed by atoms with E-state index < -0.39 is 0 Å². The van der Waals surface area contributed by atoms with Gasteiger partial charge in [0, 0.05) is 162 Å². The van der Waals surface area contributed by atoms with Gasteiger partial charge in [0.15, 0.2) is 17.7 Å². The molecule has 0 amide bonds. The smallest absolute Gasteiger partial charge is 0.191 e. The Kier molecular flexibility index (Phi) is 40.3. The Balaban J connectivity index is 0.000000650. The first kappa shape index (κ1) is 108. The van der Waals surface area contributed by atoms with Crippen molar-refractivity contribution in [2.45, 2.75) is 398 Å². The maximum Gasteiger partial charge on any atom is 0.191 e. The predicted octanol–water partition coefficient (Wildman–Crippen LogP) is 26.7. The van der Waals surface area contributed by atoms with E-state index in [1.165, 1.54) is 39.5 Å². The third-order valence-corrected chi connectivity index (χ3v) is 18.4. The van der Waals surface area contributed by atoms with E-state index in [0.717, 1.165) is 124 Å². The Morgan fingerprint density at radius 2 is 0.983 bits per heavy atom. The molecule has 0 aliphatic carbocycles. The van der Waals surface area contributed by atoms with Gasteiger partial charge in [-0.25, -0.2) is 19.9 Å². The van der Waals surface area contributed by atoms with Crippen LogP contribution in [0.1, 0.15) is 389 Å². The molecule has 0 aromatic carbocycles. The summed E-state index contributed by atoms with van der Waals surface area (Å²) in [6.07, 6.45) is 18.7. The first-order valence-corrected chi connectivity index (χ1v) is 42.4. The first-order valence-electron chi connectivity index (χ1n) is 42.4. The van der Waals surface area contributed by atoms with Crippen molar-refractivity contribution in [2.24, 2.45) is 31.6 Å². The van der Waals surface area contributed by atoms with Crippen LogP contribution in [0.25, 0.3) is 0 Å². The van der Waals surface area contributed by atoms with Gasteiger partial charge in [-0.15, -0.1) is 0 Å². The molecule has 20 nitrogen and oxygen atoms in total. The van der Waals surface area contributed by atoms with E-state index in [2.05, 4.69) is 343 Å². The Bertz CT molecular complexity index is 4380. The molecule has 0 bridgehead atoms. The van der Waals surface area contributed by atoms with Gasteiger partial charge in [0.25, 0.3) is 0 Å². The molecule has 20 heteroatoms. The van der Waals surface area contributed by atoms with Crippen molar-refractivity contribution in [3.05, 3.63) is 193 Å². The number of allylic oxidation sites excluding steroid dienone is 2. The van der Waals surface area contributed by atoms with E-state index in [4.69, 9.17) is 31.2 Å². The van der Waals surface area contributed by atoms with E-state index in [0.29, 0.717) is 0 Å². The number of aliphatic imine (C=N–C) groups is 1. The van der Waals surface area contributed by atoms with Crippen LogP contribution in [-0.4, -0.2) is 65.7 Å². The quantitative estimate of drug-likeness (QED) is 0.159. The topological polar surface area (TPSA) is 235 Å². The molecule has 0 radical (unpaired) electrons. The van der Waals surface area contributed by atoms with Gasteiger partial charge in [0.05, 0.1) is 46.6 Å². The molecule has 0 unspecified atom stereocenters. The number of oxazole rings is 3. The monoisotopic (exact) mass is 1640 g/mol. The minimum atomic E-state index is 0.0760. The molecule has 0 atom stereocenters. The molecular weight excluding hydrogens is 1470 g/mol. The molecule has 0 saturated heterocycles. The zero-order chi connectivity index (χ0) is 91.8. The molecule has 118 heavy (non-hydrogen) atoms. The number of nitrogens with zero attached hydrogens (tertiary/aromatic N) is 13. The average molecular weight is 1640 g/mol. The normalized spacial score (nSPS) is 12.5. The van der Waals surface area contributed by atoms with Crippen LogP contribution >= 0.6 is 0 Å². The van der Waals surface area contributed by atoms with Gasteiger partial charge in [0.1, 0.15) is 46.1 Å². The molecule has 0 N–H and O–H groups in total. The van der Waals surface area contributed by atoms with Crippen LogP contribution < -0.4 is 0 Å². The fourth-order valence-corrected chi connectivity index (χ4v) is 11.9. The number of hydrogen-bond acceptors (Lipinski definition) is 17. The molecule has 10 aromatic heterocycles. The summed E-state index contributed by atoms with van der Waals surface area (Å²) >= 11 is 0. The van der Waals surface area contributed by atoms with Gasteiger partial charge < -0.3 is 35.8 Å². The second-order valence-electron chi connectivity index (χ2n) is 41.9. The highest BCUT2D eigenvalue weighted by Gasteiger charge is 2.28.